The second-order valence-electron chi connectivity index (χ2n) is 4.74. The Morgan fingerprint density at radius 2 is 2.17 bits per heavy atom. The van der Waals surface area contributed by atoms with Gasteiger partial charge in [0.05, 0.1) is 5.69 Å². The van der Waals surface area contributed by atoms with Crippen LogP contribution >= 0.6 is 0 Å². The fourth-order valence-corrected chi connectivity index (χ4v) is 1.52. The Balaban J connectivity index is 2.56. The van der Waals surface area contributed by atoms with Gasteiger partial charge in [0, 0.05) is 11.6 Å². The highest BCUT2D eigenvalue weighted by Gasteiger charge is 2.11. The number of anilines is 1. The van der Waals surface area contributed by atoms with E-state index in [1.165, 1.54) is 12.1 Å². The van der Waals surface area contributed by atoms with E-state index in [1.54, 1.807) is 6.07 Å². The lowest BCUT2D eigenvalue weighted by Gasteiger charge is -2.16. The summed E-state index contributed by atoms with van der Waals surface area (Å²) in [6.07, 6.45) is 0.875. The van der Waals surface area contributed by atoms with Crippen LogP contribution in [-0.4, -0.2) is 42.6 Å². The van der Waals surface area contributed by atoms with Crippen LogP contribution in [0.2, 0.25) is 0 Å². The lowest BCUT2D eigenvalue weighted by Crippen LogP contribution is -2.34. The van der Waals surface area contributed by atoms with Crippen LogP contribution in [0.25, 0.3) is 0 Å². The zero-order chi connectivity index (χ0) is 13.7. The van der Waals surface area contributed by atoms with E-state index >= 15 is 0 Å². The van der Waals surface area contributed by atoms with Crippen molar-refractivity contribution in [2.24, 2.45) is 0 Å². The molecule has 0 aliphatic rings. The van der Waals surface area contributed by atoms with Gasteiger partial charge in [-0.15, -0.1) is 0 Å². The maximum Gasteiger partial charge on any atom is 0.251 e. The molecule has 1 rings (SSSR count). The van der Waals surface area contributed by atoms with E-state index in [0.717, 1.165) is 13.0 Å². The summed E-state index contributed by atoms with van der Waals surface area (Å²) in [5, 5.41) is 12.3. The van der Waals surface area contributed by atoms with Crippen molar-refractivity contribution in [3.05, 3.63) is 23.8 Å². The number of nitrogens with zero attached hydrogens (tertiary/aromatic N) is 1. The predicted octanol–water partition coefficient (Wildman–Crippen LogP) is 1.04. The first-order valence-corrected chi connectivity index (χ1v) is 5.94. The average molecular weight is 251 g/mol. The Labute approximate surface area is 108 Å². The van der Waals surface area contributed by atoms with E-state index in [2.05, 4.69) is 10.2 Å². The van der Waals surface area contributed by atoms with Gasteiger partial charge in [-0.3, -0.25) is 4.79 Å². The fraction of sp³-hybridized carbons (Fsp3) is 0.462. The molecule has 0 saturated carbocycles. The van der Waals surface area contributed by atoms with Crippen LogP contribution in [0.15, 0.2) is 18.2 Å². The number of aromatic hydroxyl groups is 1. The number of phenols is 1. The number of amides is 1. The first-order valence-electron chi connectivity index (χ1n) is 5.94. The molecule has 0 bridgehead atoms. The summed E-state index contributed by atoms with van der Waals surface area (Å²) in [5.41, 5.74) is 6.17. The Bertz CT molecular complexity index is 419. The fourth-order valence-electron chi connectivity index (χ4n) is 1.52. The largest absolute Gasteiger partial charge is 0.506 e. The standard InChI is InChI=1S/C13H21N3O2/c1-9(6-7-16(2)3)15-13(18)10-4-5-11(14)12(17)8-10/h4-5,8-9,17H,6-7,14H2,1-3H3,(H,15,18). The summed E-state index contributed by atoms with van der Waals surface area (Å²) in [6.45, 7) is 2.87. The molecule has 1 aromatic carbocycles. The molecule has 4 N–H and O–H groups in total. The van der Waals surface area contributed by atoms with Gasteiger partial charge in [-0.1, -0.05) is 0 Å². The zero-order valence-corrected chi connectivity index (χ0v) is 11.1. The van der Waals surface area contributed by atoms with Crippen LogP contribution < -0.4 is 11.1 Å². The lowest BCUT2D eigenvalue weighted by molar-refractivity contribution is 0.0936. The first kappa shape index (κ1) is 14.3. The molecule has 0 radical (unpaired) electrons. The van der Waals surface area contributed by atoms with Crippen LogP contribution in [0.3, 0.4) is 0 Å². The van der Waals surface area contributed by atoms with Gasteiger partial charge in [0.15, 0.2) is 0 Å². The minimum Gasteiger partial charge on any atom is -0.506 e. The second kappa shape index (κ2) is 6.26. The molecular weight excluding hydrogens is 230 g/mol. The summed E-state index contributed by atoms with van der Waals surface area (Å²) in [5.74, 6) is -0.264. The van der Waals surface area contributed by atoms with Crippen LogP contribution in [0, 0.1) is 0 Å². The molecule has 5 heteroatoms. The van der Waals surface area contributed by atoms with Gasteiger partial charge in [-0.05, 0) is 52.2 Å². The maximum atomic E-state index is 11.9. The van der Waals surface area contributed by atoms with Crippen molar-refractivity contribution in [2.75, 3.05) is 26.4 Å². The number of rotatable bonds is 5. The third-order valence-corrected chi connectivity index (χ3v) is 2.68. The van der Waals surface area contributed by atoms with Crippen LogP contribution in [0.5, 0.6) is 5.75 Å². The van der Waals surface area contributed by atoms with Gasteiger partial charge in [-0.2, -0.15) is 0 Å². The Morgan fingerprint density at radius 1 is 1.50 bits per heavy atom. The quantitative estimate of drug-likeness (QED) is 0.540. The molecule has 18 heavy (non-hydrogen) atoms. The molecule has 0 saturated heterocycles. The SMILES string of the molecule is CC(CCN(C)C)NC(=O)c1ccc(N)c(O)c1. The van der Waals surface area contributed by atoms with E-state index in [4.69, 9.17) is 5.73 Å². The predicted molar refractivity (Wildman–Crippen MR) is 72.6 cm³/mol. The molecule has 0 aliphatic carbocycles. The highest BCUT2D eigenvalue weighted by molar-refractivity contribution is 5.95. The van der Waals surface area contributed by atoms with Crippen LogP contribution in [-0.2, 0) is 0 Å². The number of hydrogen-bond acceptors (Lipinski definition) is 4. The molecule has 0 aromatic heterocycles. The molecule has 1 atom stereocenters. The number of phenolic OH excluding ortho intramolecular Hbond substituents is 1. The molecule has 1 unspecified atom stereocenters. The van der Waals surface area contributed by atoms with Gasteiger partial charge < -0.3 is 21.1 Å². The van der Waals surface area contributed by atoms with Gasteiger partial charge in [0.2, 0.25) is 0 Å². The van der Waals surface area contributed by atoms with Gasteiger partial charge >= 0.3 is 0 Å². The minimum atomic E-state index is -0.198. The Kier molecular flexibility index (Phi) is 4.97. The smallest absolute Gasteiger partial charge is 0.251 e. The molecule has 0 spiro atoms. The van der Waals surface area contributed by atoms with E-state index in [9.17, 15) is 9.90 Å². The Hall–Kier alpha value is -1.75. The summed E-state index contributed by atoms with van der Waals surface area (Å²) >= 11 is 0. The monoisotopic (exact) mass is 251 g/mol. The van der Waals surface area contributed by atoms with Crippen molar-refractivity contribution in [1.29, 1.82) is 0 Å². The number of carbonyl (C=O) groups is 1. The normalized spacial score (nSPS) is 12.4. The summed E-state index contributed by atoms with van der Waals surface area (Å²) < 4.78 is 0. The topological polar surface area (TPSA) is 78.6 Å². The third-order valence-electron chi connectivity index (χ3n) is 2.68. The molecule has 5 nitrogen and oxygen atoms in total. The zero-order valence-electron chi connectivity index (χ0n) is 11.1. The number of nitrogens with one attached hydrogen (secondary N) is 1. The molecule has 0 heterocycles. The van der Waals surface area contributed by atoms with E-state index in [1.807, 2.05) is 21.0 Å². The van der Waals surface area contributed by atoms with Gasteiger partial charge in [0.25, 0.3) is 5.91 Å². The highest BCUT2D eigenvalue weighted by Crippen LogP contribution is 2.20. The summed E-state index contributed by atoms with van der Waals surface area (Å²) in [4.78, 5) is 14.0. The second-order valence-corrected chi connectivity index (χ2v) is 4.74. The first-order chi connectivity index (χ1) is 8.40. The summed E-state index contributed by atoms with van der Waals surface area (Å²) in [6, 6.07) is 4.58. The molecule has 100 valence electrons. The summed E-state index contributed by atoms with van der Waals surface area (Å²) in [7, 11) is 3.99. The molecular formula is C13H21N3O2. The van der Waals surface area contributed by atoms with Crippen molar-refractivity contribution in [1.82, 2.24) is 10.2 Å². The van der Waals surface area contributed by atoms with Gasteiger partial charge in [0.1, 0.15) is 5.75 Å². The van der Waals surface area contributed by atoms with E-state index in [-0.39, 0.29) is 23.4 Å². The minimum absolute atomic E-state index is 0.0661. The van der Waals surface area contributed by atoms with E-state index in [0.29, 0.717) is 5.56 Å². The number of hydrogen-bond donors (Lipinski definition) is 3. The van der Waals surface area contributed by atoms with Crippen molar-refractivity contribution in [3.63, 3.8) is 0 Å². The van der Waals surface area contributed by atoms with Crippen LogP contribution in [0.1, 0.15) is 23.7 Å². The number of nitrogens with two attached hydrogens (primary N) is 1. The lowest BCUT2D eigenvalue weighted by atomic mass is 10.1. The molecule has 0 fully saturated rings. The molecule has 0 aliphatic heterocycles. The maximum absolute atomic E-state index is 11.9. The number of carbonyl (C=O) groups excluding carboxylic acids is 1. The third kappa shape index (κ3) is 4.25. The number of benzene rings is 1. The molecule has 1 aromatic rings. The Morgan fingerprint density at radius 3 is 2.72 bits per heavy atom. The van der Waals surface area contributed by atoms with Crippen molar-refractivity contribution < 1.29 is 9.90 Å². The van der Waals surface area contributed by atoms with Crippen molar-refractivity contribution >= 4 is 11.6 Å². The van der Waals surface area contributed by atoms with Crippen molar-refractivity contribution in [3.8, 4) is 5.75 Å². The van der Waals surface area contributed by atoms with Gasteiger partial charge in [-0.25, -0.2) is 0 Å². The average Bonchev–Trinajstić information content (AvgIpc) is 2.30. The number of nitrogen functional groups attached to an aromatic ring is 1. The van der Waals surface area contributed by atoms with Crippen LogP contribution in [0.4, 0.5) is 5.69 Å². The van der Waals surface area contributed by atoms with E-state index < -0.39 is 0 Å². The molecule has 1 amide bonds. The highest BCUT2D eigenvalue weighted by atomic mass is 16.3. The van der Waals surface area contributed by atoms with Crippen molar-refractivity contribution in [2.45, 2.75) is 19.4 Å².